The molecule has 106 valence electrons. The predicted octanol–water partition coefficient (Wildman–Crippen LogP) is 2.66. The van der Waals surface area contributed by atoms with Gasteiger partial charge in [0.2, 0.25) is 0 Å². The summed E-state index contributed by atoms with van der Waals surface area (Å²) < 4.78 is 0. The van der Waals surface area contributed by atoms with E-state index in [1.165, 1.54) is 18.7 Å². The average molecular weight is 262 g/mol. The lowest BCUT2D eigenvalue weighted by atomic mass is 10.0. The molecule has 19 heavy (non-hydrogen) atoms. The van der Waals surface area contributed by atoms with E-state index in [-0.39, 0.29) is 6.10 Å². The van der Waals surface area contributed by atoms with Crippen LogP contribution in [0, 0.1) is 0 Å². The van der Waals surface area contributed by atoms with Gasteiger partial charge >= 0.3 is 0 Å². The highest BCUT2D eigenvalue weighted by atomic mass is 16.3. The van der Waals surface area contributed by atoms with Crippen molar-refractivity contribution in [2.24, 2.45) is 0 Å². The fraction of sp³-hybridized carbons (Fsp3) is 0.625. The summed E-state index contributed by atoms with van der Waals surface area (Å²) in [4.78, 5) is 4.94. The Bertz CT molecular complexity index is 386. The summed E-state index contributed by atoms with van der Waals surface area (Å²) in [5.41, 5.74) is 2.29. The molecule has 0 spiro atoms. The largest absolute Gasteiger partial charge is 0.388 e. The average Bonchev–Trinajstić information content (AvgIpc) is 2.47. The minimum Gasteiger partial charge on any atom is -0.388 e. The van der Waals surface area contributed by atoms with Gasteiger partial charge in [0.25, 0.3) is 0 Å². The summed E-state index contributed by atoms with van der Waals surface area (Å²) >= 11 is 0. The molecule has 0 aromatic heterocycles. The fourth-order valence-electron chi connectivity index (χ4n) is 2.81. The first-order chi connectivity index (χ1) is 9.26. The standard InChI is InChI=1S/C16H26N2O/c1-3-9-17-10-12-18(13-11-17)15-8-6-5-7-14(15)16(19)4-2/h5-8,16,19H,3-4,9-13H2,1-2H3/t16-/m0/s1. The number of piperazine rings is 1. The van der Waals surface area contributed by atoms with Crippen LogP contribution < -0.4 is 4.90 Å². The Morgan fingerprint density at radius 1 is 1.11 bits per heavy atom. The normalized spacial score (nSPS) is 18.6. The molecule has 0 aliphatic carbocycles. The minimum absolute atomic E-state index is 0.343. The first kappa shape index (κ1) is 14.4. The van der Waals surface area contributed by atoms with E-state index in [9.17, 15) is 5.11 Å². The molecule has 1 aromatic rings. The van der Waals surface area contributed by atoms with Crippen LogP contribution in [0.15, 0.2) is 24.3 Å². The van der Waals surface area contributed by atoms with Crippen LogP contribution in [-0.4, -0.2) is 42.7 Å². The van der Waals surface area contributed by atoms with E-state index in [0.717, 1.165) is 38.2 Å². The molecular formula is C16H26N2O. The van der Waals surface area contributed by atoms with Gasteiger partial charge in [-0.1, -0.05) is 32.0 Å². The van der Waals surface area contributed by atoms with Crippen molar-refractivity contribution in [3.63, 3.8) is 0 Å². The number of nitrogens with zero attached hydrogens (tertiary/aromatic N) is 2. The van der Waals surface area contributed by atoms with Crippen LogP contribution in [0.5, 0.6) is 0 Å². The van der Waals surface area contributed by atoms with Gasteiger partial charge in [-0.2, -0.15) is 0 Å². The Morgan fingerprint density at radius 2 is 1.79 bits per heavy atom. The summed E-state index contributed by atoms with van der Waals surface area (Å²) in [6, 6.07) is 8.29. The first-order valence-corrected chi connectivity index (χ1v) is 7.50. The van der Waals surface area contributed by atoms with Crippen molar-refractivity contribution in [2.45, 2.75) is 32.8 Å². The maximum Gasteiger partial charge on any atom is 0.0807 e. The van der Waals surface area contributed by atoms with E-state index in [1.807, 2.05) is 13.0 Å². The molecule has 0 unspecified atom stereocenters. The van der Waals surface area contributed by atoms with Crippen LogP contribution in [0.1, 0.15) is 38.4 Å². The zero-order chi connectivity index (χ0) is 13.7. The molecule has 0 radical (unpaired) electrons. The molecular weight excluding hydrogens is 236 g/mol. The van der Waals surface area contributed by atoms with Crippen molar-refractivity contribution in [3.05, 3.63) is 29.8 Å². The van der Waals surface area contributed by atoms with Crippen LogP contribution in [0.4, 0.5) is 5.69 Å². The highest BCUT2D eigenvalue weighted by Crippen LogP contribution is 2.28. The lowest BCUT2D eigenvalue weighted by Crippen LogP contribution is -2.46. The Morgan fingerprint density at radius 3 is 2.42 bits per heavy atom. The first-order valence-electron chi connectivity index (χ1n) is 7.50. The summed E-state index contributed by atoms with van der Waals surface area (Å²) in [5.74, 6) is 0. The van der Waals surface area contributed by atoms with E-state index < -0.39 is 0 Å². The molecule has 1 N–H and O–H groups in total. The lowest BCUT2D eigenvalue weighted by molar-refractivity contribution is 0.173. The molecule has 1 saturated heterocycles. The minimum atomic E-state index is -0.343. The Balaban J connectivity index is 2.07. The van der Waals surface area contributed by atoms with Gasteiger partial charge in [0.15, 0.2) is 0 Å². The molecule has 1 heterocycles. The van der Waals surface area contributed by atoms with E-state index >= 15 is 0 Å². The highest BCUT2D eigenvalue weighted by molar-refractivity contribution is 5.55. The van der Waals surface area contributed by atoms with E-state index in [4.69, 9.17) is 0 Å². The van der Waals surface area contributed by atoms with Crippen LogP contribution in [0.3, 0.4) is 0 Å². The third-order valence-corrected chi connectivity index (χ3v) is 3.94. The Hall–Kier alpha value is -1.06. The molecule has 1 aromatic carbocycles. The maximum absolute atomic E-state index is 10.1. The molecule has 1 fully saturated rings. The van der Waals surface area contributed by atoms with Gasteiger partial charge in [0, 0.05) is 37.4 Å². The third-order valence-electron chi connectivity index (χ3n) is 3.94. The predicted molar refractivity (Wildman–Crippen MR) is 80.6 cm³/mol. The van der Waals surface area contributed by atoms with Crippen LogP contribution in [0.25, 0.3) is 0 Å². The second kappa shape index (κ2) is 6.92. The summed E-state index contributed by atoms with van der Waals surface area (Å²) in [5, 5.41) is 10.1. The van der Waals surface area contributed by atoms with Gasteiger partial charge in [-0.3, -0.25) is 4.90 Å². The van der Waals surface area contributed by atoms with Crippen molar-refractivity contribution in [1.82, 2.24) is 4.90 Å². The van der Waals surface area contributed by atoms with Gasteiger partial charge in [-0.25, -0.2) is 0 Å². The fourth-order valence-corrected chi connectivity index (χ4v) is 2.81. The molecule has 1 atom stereocenters. The highest BCUT2D eigenvalue weighted by Gasteiger charge is 2.20. The van der Waals surface area contributed by atoms with Crippen LogP contribution in [0.2, 0.25) is 0 Å². The lowest BCUT2D eigenvalue weighted by Gasteiger charge is -2.37. The molecule has 0 saturated carbocycles. The SMILES string of the molecule is CCCN1CCN(c2ccccc2[C@@H](O)CC)CC1. The Kier molecular flexibility index (Phi) is 5.23. The van der Waals surface area contributed by atoms with Gasteiger partial charge in [-0.05, 0) is 25.5 Å². The Labute approximate surface area is 116 Å². The zero-order valence-corrected chi connectivity index (χ0v) is 12.2. The summed E-state index contributed by atoms with van der Waals surface area (Å²) in [7, 11) is 0. The second-order valence-corrected chi connectivity index (χ2v) is 5.31. The quantitative estimate of drug-likeness (QED) is 0.884. The topological polar surface area (TPSA) is 26.7 Å². The molecule has 2 rings (SSSR count). The summed E-state index contributed by atoms with van der Waals surface area (Å²) in [6.45, 7) is 9.85. The molecule has 1 aliphatic rings. The number of rotatable bonds is 5. The van der Waals surface area contributed by atoms with E-state index in [2.05, 4.69) is 34.9 Å². The monoisotopic (exact) mass is 262 g/mol. The number of benzene rings is 1. The van der Waals surface area contributed by atoms with Crippen LogP contribution >= 0.6 is 0 Å². The molecule has 3 nitrogen and oxygen atoms in total. The number of aliphatic hydroxyl groups is 1. The van der Waals surface area contributed by atoms with E-state index in [1.54, 1.807) is 0 Å². The van der Waals surface area contributed by atoms with Crippen molar-refractivity contribution in [2.75, 3.05) is 37.6 Å². The van der Waals surface area contributed by atoms with Crippen LogP contribution in [-0.2, 0) is 0 Å². The van der Waals surface area contributed by atoms with Crippen molar-refractivity contribution in [3.8, 4) is 0 Å². The van der Waals surface area contributed by atoms with Crippen molar-refractivity contribution in [1.29, 1.82) is 0 Å². The zero-order valence-electron chi connectivity index (χ0n) is 12.2. The smallest absolute Gasteiger partial charge is 0.0807 e. The van der Waals surface area contributed by atoms with Gasteiger partial charge in [-0.15, -0.1) is 0 Å². The van der Waals surface area contributed by atoms with Gasteiger partial charge in [0.1, 0.15) is 0 Å². The summed E-state index contributed by atoms with van der Waals surface area (Å²) in [6.07, 6.45) is 1.66. The molecule has 0 bridgehead atoms. The maximum atomic E-state index is 10.1. The van der Waals surface area contributed by atoms with Crippen molar-refractivity contribution < 1.29 is 5.11 Å². The molecule has 1 aliphatic heterocycles. The van der Waals surface area contributed by atoms with Crippen molar-refractivity contribution >= 4 is 5.69 Å². The van der Waals surface area contributed by atoms with E-state index in [0.29, 0.717) is 0 Å². The molecule has 0 amide bonds. The number of anilines is 1. The number of hydrogen-bond acceptors (Lipinski definition) is 3. The second-order valence-electron chi connectivity index (χ2n) is 5.31. The number of hydrogen-bond donors (Lipinski definition) is 1. The third kappa shape index (κ3) is 3.48. The van der Waals surface area contributed by atoms with Gasteiger partial charge < -0.3 is 10.0 Å². The molecule has 3 heteroatoms. The number of aliphatic hydroxyl groups excluding tert-OH is 1. The number of para-hydroxylation sites is 1. The van der Waals surface area contributed by atoms with Gasteiger partial charge in [0.05, 0.1) is 6.10 Å².